The second-order valence-electron chi connectivity index (χ2n) is 6.16. The second kappa shape index (κ2) is 7.29. The molecular weight excluding hydrogens is 325 g/mol. The largest absolute Gasteiger partial charge is 0.476 e. The summed E-state index contributed by atoms with van der Waals surface area (Å²) in [7, 11) is 1.33. The van der Waals surface area contributed by atoms with E-state index in [-0.39, 0.29) is 24.0 Å². The van der Waals surface area contributed by atoms with E-state index in [1.807, 2.05) is 0 Å². The van der Waals surface area contributed by atoms with E-state index in [1.54, 1.807) is 38.2 Å². The number of nitrogens with two attached hydrogens (primary N) is 1. The van der Waals surface area contributed by atoms with E-state index in [9.17, 15) is 9.18 Å². The average Bonchev–Trinajstić information content (AvgIpc) is 2.59. The topological polar surface area (TPSA) is 98.3 Å². The maximum absolute atomic E-state index is 13.9. The van der Waals surface area contributed by atoms with Gasteiger partial charge in [-0.15, -0.1) is 0 Å². The van der Waals surface area contributed by atoms with E-state index in [1.165, 1.54) is 19.2 Å². The molecule has 0 bridgehead atoms. The van der Waals surface area contributed by atoms with Crippen molar-refractivity contribution < 1.29 is 18.7 Å². The van der Waals surface area contributed by atoms with Gasteiger partial charge in [0.15, 0.2) is 0 Å². The lowest BCUT2D eigenvalue weighted by atomic mass is 9.95. The van der Waals surface area contributed by atoms with Gasteiger partial charge in [-0.05, 0) is 37.6 Å². The third kappa shape index (κ3) is 4.32. The Balaban J connectivity index is 2.11. The number of aromatic nitrogens is 1. The van der Waals surface area contributed by atoms with Gasteiger partial charge >= 0.3 is 5.97 Å². The third-order valence-electron chi connectivity index (χ3n) is 3.65. The van der Waals surface area contributed by atoms with Crippen LogP contribution in [0.15, 0.2) is 36.5 Å². The summed E-state index contributed by atoms with van der Waals surface area (Å²) in [5.41, 5.74) is 5.87. The van der Waals surface area contributed by atoms with Crippen LogP contribution in [0.3, 0.4) is 0 Å². The van der Waals surface area contributed by atoms with Gasteiger partial charge < -0.3 is 15.2 Å². The molecule has 1 aromatic heterocycles. The van der Waals surface area contributed by atoms with Gasteiger partial charge in [-0.2, -0.15) is 0 Å². The number of pyridine rings is 1. The molecule has 0 aliphatic carbocycles. The number of carbonyl (C=O) groups is 1. The summed E-state index contributed by atoms with van der Waals surface area (Å²) in [4.78, 5) is 15.8. The monoisotopic (exact) mass is 345 g/mol. The molecule has 0 radical (unpaired) electrons. The van der Waals surface area contributed by atoms with Gasteiger partial charge in [0.25, 0.3) is 0 Å². The molecule has 0 saturated carbocycles. The molecule has 6 nitrogen and oxygen atoms in total. The lowest BCUT2D eigenvalue weighted by Gasteiger charge is -2.21. The summed E-state index contributed by atoms with van der Waals surface area (Å²) >= 11 is 0. The molecule has 1 aromatic carbocycles. The first-order valence-electron chi connectivity index (χ1n) is 7.56. The van der Waals surface area contributed by atoms with E-state index >= 15 is 0 Å². The molecule has 0 unspecified atom stereocenters. The number of esters is 1. The highest BCUT2D eigenvalue weighted by Crippen LogP contribution is 2.24. The van der Waals surface area contributed by atoms with Crippen LogP contribution in [-0.4, -0.2) is 30.5 Å². The number of hydrogen-bond acceptors (Lipinski definition) is 5. The summed E-state index contributed by atoms with van der Waals surface area (Å²) < 4.78 is 24.2. The quantitative estimate of drug-likeness (QED) is 0.476. The van der Waals surface area contributed by atoms with E-state index in [4.69, 9.17) is 20.6 Å². The Hall–Kier alpha value is -2.96. The number of methoxy groups -OCH3 is 1. The standard InChI is InChI=1S/C18H20FN3O3/c1-18(2,17(23)24-3)10-25-15-7-5-12(9-22-15)11-4-6-13(16(20)21)14(19)8-11/h4-9H,10H2,1-3H3,(H3,20,21). The molecule has 25 heavy (non-hydrogen) atoms. The minimum absolute atomic E-state index is 0.0571. The highest BCUT2D eigenvalue weighted by molar-refractivity contribution is 5.95. The van der Waals surface area contributed by atoms with Crippen LogP contribution in [0.5, 0.6) is 5.88 Å². The fourth-order valence-electron chi connectivity index (χ4n) is 2.14. The van der Waals surface area contributed by atoms with E-state index in [0.29, 0.717) is 17.0 Å². The first-order valence-corrected chi connectivity index (χ1v) is 7.56. The van der Waals surface area contributed by atoms with Crippen molar-refractivity contribution in [2.45, 2.75) is 13.8 Å². The number of nitrogen functional groups attached to an aromatic ring is 1. The van der Waals surface area contributed by atoms with Crippen molar-refractivity contribution in [2.75, 3.05) is 13.7 Å². The number of amidine groups is 1. The van der Waals surface area contributed by atoms with Crippen molar-refractivity contribution in [1.29, 1.82) is 5.41 Å². The maximum Gasteiger partial charge on any atom is 0.314 e. The van der Waals surface area contributed by atoms with Crippen molar-refractivity contribution in [2.24, 2.45) is 11.1 Å². The summed E-state index contributed by atoms with van der Waals surface area (Å²) in [6.45, 7) is 3.55. The number of benzene rings is 1. The predicted molar refractivity (Wildman–Crippen MR) is 91.9 cm³/mol. The molecule has 0 aliphatic heterocycles. The molecule has 0 fully saturated rings. The second-order valence-corrected chi connectivity index (χ2v) is 6.16. The van der Waals surface area contributed by atoms with Gasteiger partial charge in [0.1, 0.15) is 18.3 Å². The Morgan fingerprint density at radius 2 is 1.96 bits per heavy atom. The van der Waals surface area contributed by atoms with Crippen LogP contribution >= 0.6 is 0 Å². The average molecular weight is 345 g/mol. The molecule has 3 N–H and O–H groups in total. The lowest BCUT2D eigenvalue weighted by Crippen LogP contribution is -2.32. The van der Waals surface area contributed by atoms with Crippen molar-refractivity contribution in [3.63, 3.8) is 0 Å². The van der Waals surface area contributed by atoms with Gasteiger partial charge in [0.2, 0.25) is 5.88 Å². The van der Waals surface area contributed by atoms with Crippen LogP contribution in [0.4, 0.5) is 4.39 Å². The smallest absolute Gasteiger partial charge is 0.314 e. The molecule has 132 valence electrons. The van der Waals surface area contributed by atoms with Crippen LogP contribution in [0, 0.1) is 16.6 Å². The number of rotatable bonds is 6. The molecule has 1 heterocycles. The van der Waals surface area contributed by atoms with Crippen molar-refractivity contribution in [3.8, 4) is 17.0 Å². The summed E-state index contributed by atoms with van der Waals surface area (Å²) in [6.07, 6.45) is 1.54. The fraction of sp³-hybridized carbons (Fsp3) is 0.278. The van der Waals surface area contributed by atoms with Crippen LogP contribution < -0.4 is 10.5 Å². The van der Waals surface area contributed by atoms with Crippen LogP contribution in [-0.2, 0) is 9.53 Å². The van der Waals surface area contributed by atoms with Gasteiger partial charge in [0.05, 0.1) is 18.1 Å². The fourth-order valence-corrected chi connectivity index (χ4v) is 2.14. The number of carbonyl (C=O) groups excluding carboxylic acids is 1. The van der Waals surface area contributed by atoms with Crippen LogP contribution in [0.2, 0.25) is 0 Å². The number of nitrogens with zero attached hydrogens (tertiary/aromatic N) is 1. The number of ether oxygens (including phenoxy) is 2. The number of halogens is 1. The molecule has 7 heteroatoms. The zero-order valence-electron chi connectivity index (χ0n) is 14.3. The Labute approximate surface area is 145 Å². The minimum Gasteiger partial charge on any atom is -0.476 e. The van der Waals surface area contributed by atoms with Gasteiger partial charge in [0, 0.05) is 17.8 Å². The van der Waals surface area contributed by atoms with E-state index in [0.717, 1.165) is 0 Å². The van der Waals surface area contributed by atoms with Crippen LogP contribution in [0.1, 0.15) is 19.4 Å². The Morgan fingerprint density at radius 3 is 2.48 bits per heavy atom. The first kappa shape index (κ1) is 18.4. The molecule has 0 aliphatic rings. The van der Waals surface area contributed by atoms with Gasteiger partial charge in [-0.1, -0.05) is 6.07 Å². The molecule has 0 amide bonds. The normalized spacial score (nSPS) is 11.0. The van der Waals surface area contributed by atoms with E-state index in [2.05, 4.69) is 4.98 Å². The maximum atomic E-state index is 13.9. The van der Waals surface area contributed by atoms with Gasteiger partial charge in [-0.3, -0.25) is 10.2 Å². The number of hydrogen-bond donors (Lipinski definition) is 2. The third-order valence-corrected chi connectivity index (χ3v) is 3.65. The van der Waals surface area contributed by atoms with E-state index < -0.39 is 11.2 Å². The summed E-state index contributed by atoms with van der Waals surface area (Å²) in [5.74, 6) is -0.906. The summed E-state index contributed by atoms with van der Waals surface area (Å²) in [5, 5.41) is 7.30. The highest BCUT2D eigenvalue weighted by Gasteiger charge is 2.29. The molecule has 2 aromatic rings. The van der Waals surface area contributed by atoms with Crippen molar-refractivity contribution in [3.05, 3.63) is 47.9 Å². The summed E-state index contributed by atoms with van der Waals surface area (Å²) in [6, 6.07) is 7.79. The zero-order valence-corrected chi connectivity index (χ0v) is 14.3. The zero-order chi connectivity index (χ0) is 18.6. The van der Waals surface area contributed by atoms with Crippen molar-refractivity contribution in [1.82, 2.24) is 4.98 Å². The SMILES string of the molecule is COC(=O)C(C)(C)COc1ccc(-c2ccc(C(=N)N)c(F)c2)cn1. The minimum atomic E-state index is -0.791. The van der Waals surface area contributed by atoms with Crippen LogP contribution in [0.25, 0.3) is 11.1 Å². The first-order chi connectivity index (χ1) is 11.7. The lowest BCUT2D eigenvalue weighted by molar-refractivity contribution is -0.152. The van der Waals surface area contributed by atoms with Crippen molar-refractivity contribution >= 4 is 11.8 Å². The molecule has 0 saturated heterocycles. The molecular formula is C18H20FN3O3. The Kier molecular flexibility index (Phi) is 5.36. The number of nitrogens with one attached hydrogen (secondary N) is 1. The predicted octanol–water partition coefficient (Wildman–Crippen LogP) is 2.75. The molecule has 0 spiro atoms. The highest BCUT2D eigenvalue weighted by atomic mass is 19.1. The molecule has 2 rings (SSSR count). The Bertz CT molecular complexity index is 789. The molecule has 0 atom stereocenters. The van der Waals surface area contributed by atoms with Gasteiger partial charge in [-0.25, -0.2) is 9.37 Å². The Morgan fingerprint density at radius 1 is 1.28 bits per heavy atom.